The number of oxazole rings is 1. The third-order valence-electron chi connectivity index (χ3n) is 1.62. The average Bonchev–Trinajstić information content (AvgIpc) is 2.43. The first-order valence-corrected chi connectivity index (χ1v) is 3.84. The highest BCUT2D eigenvalue weighted by Crippen LogP contribution is 2.22. The highest BCUT2D eigenvalue weighted by atomic mass is 35.5. The molecule has 0 amide bonds. The Morgan fingerprint density at radius 2 is 2.31 bits per heavy atom. The molecule has 1 N–H and O–H groups in total. The molecule has 13 heavy (non-hydrogen) atoms. The molecule has 0 aliphatic rings. The predicted molar refractivity (Wildman–Crippen MR) is 46.0 cm³/mol. The molecule has 0 fully saturated rings. The number of carbonyl (C=O) groups is 1. The fraction of sp³-hybridized carbons (Fsp3) is 0. The first-order chi connectivity index (χ1) is 6.18. The zero-order valence-electron chi connectivity index (χ0n) is 6.32. The summed E-state index contributed by atoms with van der Waals surface area (Å²) in [5, 5.41) is 8.71. The minimum atomic E-state index is -1.06. The number of nitrogens with zero attached hydrogens (tertiary/aromatic N) is 1. The minimum absolute atomic E-state index is 0.0521. The second-order valence-corrected chi connectivity index (χ2v) is 2.75. The van der Waals surface area contributed by atoms with Crippen LogP contribution in [-0.4, -0.2) is 16.1 Å². The van der Waals surface area contributed by atoms with Crippen molar-refractivity contribution < 1.29 is 14.3 Å². The molecule has 0 aliphatic carbocycles. The van der Waals surface area contributed by atoms with E-state index in [2.05, 4.69) is 4.98 Å². The molecule has 0 aliphatic heterocycles. The molecule has 0 radical (unpaired) electrons. The average molecular weight is 198 g/mol. The summed E-state index contributed by atoms with van der Waals surface area (Å²) >= 11 is 5.49. The van der Waals surface area contributed by atoms with Gasteiger partial charge < -0.3 is 9.52 Å². The molecule has 4 nitrogen and oxygen atoms in total. The third kappa shape index (κ3) is 1.25. The van der Waals surface area contributed by atoms with Crippen molar-refractivity contribution in [2.45, 2.75) is 0 Å². The predicted octanol–water partition coefficient (Wildman–Crippen LogP) is 2.18. The van der Waals surface area contributed by atoms with Gasteiger partial charge in [-0.15, -0.1) is 0 Å². The van der Waals surface area contributed by atoms with Crippen molar-refractivity contribution in [3.05, 3.63) is 29.1 Å². The van der Waals surface area contributed by atoms with Crippen molar-refractivity contribution in [3.63, 3.8) is 0 Å². The van der Waals surface area contributed by atoms with E-state index in [1.165, 1.54) is 6.07 Å². The number of rotatable bonds is 1. The topological polar surface area (TPSA) is 63.3 Å². The van der Waals surface area contributed by atoms with Gasteiger partial charge in [0.05, 0.1) is 0 Å². The molecular formula is C8H4ClNO3. The van der Waals surface area contributed by atoms with Gasteiger partial charge in [-0.25, -0.2) is 4.79 Å². The largest absolute Gasteiger partial charge is 0.478 e. The Kier molecular flexibility index (Phi) is 1.70. The Morgan fingerprint density at radius 3 is 3.00 bits per heavy atom. The van der Waals surface area contributed by atoms with E-state index in [1.807, 2.05) is 0 Å². The van der Waals surface area contributed by atoms with Crippen molar-refractivity contribution >= 4 is 28.7 Å². The van der Waals surface area contributed by atoms with Gasteiger partial charge in [0.1, 0.15) is 11.1 Å². The zero-order valence-corrected chi connectivity index (χ0v) is 7.08. The van der Waals surface area contributed by atoms with Gasteiger partial charge in [-0.2, -0.15) is 4.98 Å². The smallest absolute Gasteiger partial charge is 0.339 e. The fourth-order valence-electron chi connectivity index (χ4n) is 1.09. The van der Waals surface area contributed by atoms with Crippen molar-refractivity contribution in [2.24, 2.45) is 0 Å². The van der Waals surface area contributed by atoms with E-state index in [0.29, 0.717) is 5.52 Å². The molecule has 2 rings (SSSR count). The first kappa shape index (κ1) is 8.07. The molecule has 0 unspecified atom stereocenters. The molecule has 0 atom stereocenters. The van der Waals surface area contributed by atoms with E-state index >= 15 is 0 Å². The standard InChI is InChI=1S/C8H4ClNO3/c9-8-10-5-3-1-2-4(7(11)12)6(5)13-8/h1-3H,(H,11,12). The zero-order chi connectivity index (χ0) is 9.42. The van der Waals surface area contributed by atoms with Crippen LogP contribution in [0.1, 0.15) is 10.4 Å². The molecule has 2 aromatic rings. The molecule has 0 saturated heterocycles. The van der Waals surface area contributed by atoms with E-state index in [9.17, 15) is 4.79 Å². The molecule has 5 heteroatoms. The molecule has 1 aromatic carbocycles. The number of hydrogen-bond donors (Lipinski definition) is 1. The van der Waals surface area contributed by atoms with Crippen LogP contribution in [0.5, 0.6) is 0 Å². The van der Waals surface area contributed by atoms with Crippen LogP contribution in [0.4, 0.5) is 0 Å². The Labute approximate surface area is 77.8 Å². The summed E-state index contributed by atoms with van der Waals surface area (Å²) in [5.74, 6) is -1.06. The second-order valence-electron chi connectivity index (χ2n) is 2.43. The summed E-state index contributed by atoms with van der Waals surface area (Å²) in [6.07, 6.45) is 0. The van der Waals surface area contributed by atoms with Crippen molar-refractivity contribution in [2.75, 3.05) is 0 Å². The van der Waals surface area contributed by atoms with E-state index in [4.69, 9.17) is 21.1 Å². The fourth-order valence-corrected chi connectivity index (χ4v) is 1.26. The second kappa shape index (κ2) is 2.74. The van der Waals surface area contributed by atoms with Crippen LogP contribution in [0, 0.1) is 0 Å². The lowest BCUT2D eigenvalue weighted by Crippen LogP contribution is -1.95. The lowest BCUT2D eigenvalue weighted by molar-refractivity contribution is 0.0698. The van der Waals surface area contributed by atoms with Crippen LogP contribution in [-0.2, 0) is 0 Å². The maximum atomic E-state index is 10.7. The molecular weight excluding hydrogens is 194 g/mol. The van der Waals surface area contributed by atoms with Crippen molar-refractivity contribution in [1.82, 2.24) is 4.98 Å². The number of halogens is 1. The summed E-state index contributed by atoms with van der Waals surface area (Å²) < 4.78 is 4.93. The van der Waals surface area contributed by atoms with Gasteiger partial charge in [-0.3, -0.25) is 0 Å². The molecule has 1 heterocycles. The number of carboxylic acid groups (broad SMARTS) is 1. The Balaban J connectivity index is 2.82. The summed E-state index contributed by atoms with van der Waals surface area (Å²) in [5.41, 5.74) is 0.724. The van der Waals surface area contributed by atoms with Crippen molar-refractivity contribution in [1.29, 1.82) is 0 Å². The SMILES string of the molecule is O=C(O)c1cccc2nc(Cl)oc12. The number of carboxylic acids is 1. The van der Waals surface area contributed by atoms with Crippen LogP contribution in [0.25, 0.3) is 11.1 Å². The van der Waals surface area contributed by atoms with Gasteiger partial charge in [0.2, 0.25) is 0 Å². The lowest BCUT2D eigenvalue weighted by atomic mass is 10.2. The minimum Gasteiger partial charge on any atom is -0.478 e. The number of aromatic nitrogens is 1. The highest BCUT2D eigenvalue weighted by molar-refractivity contribution is 6.28. The summed E-state index contributed by atoms with van der Waals surface area (Å²) in [6, 6.07) is 4.66. The van der Waals surface area contributed by atoms with E-state index in [0.717, 1.165) is 0 Å². The van der Waals surface area contributed by atoms with Gasteiger partial charge in [-0.05, 0) is 23.7 Å². The normalized spacial score (nSPS) is 10.5. The quantitative estimate of drug-likeness (QED) is 0.761. The number of hydrogen-bond acceptors (Lipinski definition) is 3. The van der Waals surface area contributed by atoms with Gasteiger partial charge in [0.25, 0.3) is 5.35 Å². The molecule has 0 saturated carbocycles. The first-order valence-electron chi connectivity index (χ1n) is 3.47. The van der Waals surface area contributed by atoms with Gasteiger partial charge in [0, 0.05) is 0 Å². The Bertz CT molecular complexity index is 477. The van der Waals surface area contributed by atoms with E-state index < -0.39 is 5.97 Å². The van der Waals surface area contributed by atoms with Crippen LogP contribution in [0.15, 0.2) is 22.6 Å². The van der Waals surface area contributed by atoms with Crippen LogP contribution in [0.2, 0.25) is 5.35 Å². The number of fused-ring (bicyclic) bond motifs is 1. The summed E-state index contributed by atoms with van der Waals surface area (Å²) in [7, 11) is 0. The molecule has 0 spiro atoms. The van der Waals surface area contributed by atoms with E-state index in [-0.39, 0.29) is 16.5 Å². The van der Waals surface area contributed by atoms with Crippen LogP contribution < -0.4 is 0 Å². The van der Waals surface area contributed by atoms with Gasteiger partial charge in [0.15, 0.2) is 5.58 Å². The van der Waals surface area contributed by atoms with E-state index in [1.54, 1.807) is 12.1 Å². The maximum Gasteiger partial charge on any atom is 0.339 e. The van der Waals surface area contributed by atoms with Crippen LogP contribution in [0.3, 0.4) is 0 Å². The molecule has 0 bridgehead atoms. The lowest BCUT2D eigenvalue weighted by Gasteiger charge is -1.92. The number of para-hydroxylation sites is 1. The Hall–Kier alpha value is -1.55. The number of benzene rings is 1. The molecule has 66 valence electrons. The van der Waals surface area contributed by atoms with Gasteiger partial charge in [-0.1, -0.05) is 6.07 Å². The monoisotopic (exact) mass is 197 g/mol. The third-order valence-corrected chi connectivity index (χ3v) is 1.78. The Morgan fingerprint density at radius 1 is 1.54 bits per heavy atom. The van der Waals surface area contributed by atoms with Crippen LogP contribution >= 0.6 is 11.6 Å². The molecule has 1 aromatic heterocycles. The number of aromatic carboxylic acids is 1. The highest BCUT2D eigenvalue weighted by Gasteiger charge is 2.12. The summed E-state index contributed by atoms with van der Waals surface area (Å²) in [6.45, 7) is 0. The maximum absolute atomic E-state index is 10.7. The summed E-state index contributed by atoms with van der Waals surface area (Å²) in [4.78, 5) is 14.5. The van der Waals surface area contributed by atoms with Crippen molar-refractivity contribution in [3.8, 4) is 0 Å². The van der Waals surface area contributed by atoms with Gasteiger partial charge >= 0.3 is 5.97 Å².